The highest BCUT2D eigenvalue weighted by Gasteiger charge is 2.17. The number of carbonyl (C=O) groups excluding carboxylic acids is 1. The molecule has 2 heterocycles. The van der Waals surface area contributed by atoms with Crippen LogP contribution in [0, 0.1) is 5.82 Å². The molecule has 0 atom stereocenters. The van der Waals surface area contributed by atoms with Gasteiger partial charge in [-0.3, -0.25) is 18.7 Å². The lowest BCUT2D eigenvalue weighted by Gasteiger charge is -2.14. The van der Waals surface area contributed by atoms with Crippen molar-refractivity contribution in [2.24, 2.45) is 0 Å². The number of halogens is 2. The van der Waals surface area contributed by atoms with Gasteiger partial charge in [-0.1, -0.05) is 29.8 Å². The van der Waals surface area contributed by atoms with Crippen LogP contribution in [0.15, 0.2) is 76.4 Å². The third-order valence-electron chi connectivity index (χ3n) is 4.70. The van der Waals surface area contributed by atoms with E-state index < -0.39 is 23.0 Å². The van der Waals surface area contributed by atoms with Gasteiger partial charge < -0.3 is 5.32 Å². The van der Waals surface area contributed by atoms with E-state index in [1.807, 2.05) is 0 Å². The van der Waals surface area contributed by atoms with Gasteiger partial charge >= 0.3 is 5.69 Å². The zero-order valence-electron chi connectivity index (χ0n) is 16.1. The van der Waals surface area contributed by atoms with E-state index >= 15 is 0 Å². The monoisotopic (exact) mass is 438 g/mol. The Hall–Kier alpha value is -3.78. The van der Waals surface area contributed by atoms with Crippen molar-refractivity contribution in [1.82, 2.24) is 14.1 Å². The molecule has 9 heteroatoms. The standard InChI is InChI=1S/C22H16ClFN4O3/c23-18-6-2-1-4-14(18)12-28-21(30)17-5-3-11-25-20(17)27(22(28)31)13-19(29)26-16-9-7-15(24)8-10-16/h1-11H,12-13H2,(H,26,29). The number of rotatable bonds is 5. The minimum atomic E-state index is -0.689. The van der Waals surface area contributed by atoms with Crippen molar-refractivity contribution >= 4 is 34.2 Å². The zero-order chi connectivity index (χ0) is 22.0. The van der Waals surface area contributed by atoms with E-state index in [1.54, 1.807) is 36.4 Å². The largest absolute Gasteiger partial charge is 0.333 e. The van der Waals surface area contributed by atoms with Crippen molar-refractivity contribution in [1.29, 1.82) is 0 Å². The van der Waals surface area contributed by atoms with E-state index in [0.29, 0.717) is 16.3 Å². The Morgan fingerprint density at radius 3 is 2.48 bits per heavy atom. The quantitative estimate of drug-likeness (QED) is 0.519. The van der Waals surface area contributed by atoms with E-state index in [-0.39, 0.29) is 24.1 Å². The Morgan fingerprint density at radius 1 is 1.00 bits per heavy atom. The van der Waals surface area contributed by atoms with Gasteiger partial charge in [0.25, 0.3) is 5.56 Å². The van der Waals surface area contributed by atoms with E-state index in [4.69, 9.17) is 11.6 Å². The molecular weight excluding hydrogens is 423 g/mol. The van der Waals surface area contributed by atoms with Crippen LogP contribution in [0.3, 0.4) is 0 Å². The molecule has 0 saturated carbocycles. The highest BCUT2D eigenvalue weighted by Crippen LogP contribution is 2.15. The number of anilines is 1. The molecule has 0 aliphatic carbocycles. The maximum absolute atomic E-state index is 13.2. The van der Waals surface area contributed by atoms with E-state index in [0.717, 1.165) is 9.13 Å². The number of fused-ring (bicyclic) bond motifs is 1. The SMILES string of the molecule is O=C(Cn1c(=O)n(Cc2ccccc2Cl)c(=O)c2cccnc21)Nc1ccc(F)cc1. The van der Waals surface area contributed by atoms with Crippen molar-refractivity contribution in [2.45, 2.75) is 13.1 Å². The lowest BCUT2D eigenvalue weighted by molar-refractivity contribution is -0.116. The first-order valence-corrected chi connectivity index (χ1v) is 9.69. The first kappa shape index (κ1) is 20.5. The first-order chi connectivity index (χ1) is 14.9. The number of nitrogens with one attached hydrogen (secondary N) is 1. The van der Waals surface area contributed by atoms with Crippen molar-refractivity contribution in [3.63, 3.8) is 0 Å². The lowest BCUT2D eigenvalue weighted by atomic mass is 10.2. The third-order valence-corrected chi connectivity index (χ3v) is 5.06. The average molecular weight is 439 g/mol. The highest BCUT2D eigenvalue weighted by atomic mass is 35.5. The maximum Gasteiger partial charge on any atom is 0.333 e. The third kappa shape index (κ3) is 4.24. The van der Waals surface area contributed by atoms with Gasteiger partial charge in [-0.15, -0.1) is 0 Å². The Balaban J connectivity index is 1.76. The van der Waals surface area contributed by atoms with Crippen LogP contribution < -0.4 is 16.6 Å². The van der Waals surface area contributed by atoms with Crippen LogP contribution in [0.1, 0.15) is 5.56 Å². The molecule has 7 nitrogen and oxygen atoms in total. The number of benzene rings is 2. The highest BCUT2D eigenvalue weighted by molar-refractivity contribution is 6.31. The van der Waals surface area contributed by atoms with Crippen molar-refractivity contribution in [3.8, 4) is 0 Å². The fourth-order valence-corrected chi connectivity index (χ4v) is 3.40. The number of pyridine rings is 1. The van der Waals surface area contributed by atoms with Crippen LogP contribution in [-0.4, -0.2) is 20.0 Å². The van der Waals surface area contributed by atoms with E-state index in [2.05, 4.69) is 10.3 Å². The Bertz CT molecular complexity index is 1400. The summed E-state index contributed by atoms with van der Waals surface area (Å²) in [7, 11) is 0. The fourth-order valence-electron chi connectivity index (χ4n) is 3.20. The van der Waals surface area contributed by atoms with Gasteiger partial charge in [0.05, 0.1) is 11.9 Å². The maximum atomic E-state index is 13.2. The van der Waals surface area contributed by atoms with Gasteiger partial charge in [-0.05, 0) is 48.0 Å². The molecule has 0 unspecified atom stereocenters. The molecule has 1 N–H and O–H groups in total. The van der Waals surface area contributed by atoms with Crippen molar-refractivity contribution in [3.05, 3.63) is 104 Å². The second-order valence-corrected chi connectivity index (χ2v) is 7.19. The summed E-state index contributed by atoms with van der Waals surface area (Å²) < 4.78 is 15.2. The smallest absolute Gasteiger partial charge is 0.325 e. The summed E-state index contributed by atoms with van der Waals surface area (Å²) in [5.74, 6) is -0.959. The number of carbonyl (C=O) groups is 1. The van der Waals surface area contributed by atoms with Crippen LogP contribution in [0.5, 0.6) is 0 Å². The predicted molar refractivity (Wildman–Crippen MR) is 116 cm³/mol. The number of nitrogens with zero attached hydrogens (tertiary/aromatic N) is 3. The summed E-state index contributed by atoms with van der Waals surface area (Å²) in [5, 5.41) is 3.22. The topological polar surface area (TPSA) is 86.0 Å². The molecular formula is C22H16ClFN4O3. The Kier molecular flexibility index (Phi) is 5.64. The minimum absolute atomic E-state index is 0.0538. The molecule has 1 amide bonds. The normalized spacial score (nSPS) is 10.9. The molecule has 0 aliphatic rings. The summed E-state index contributed by atoms with van der Waals surface area (Å²) in [4.78, 5) is 42.8. The minimum Gasteiger partial charge on any atom is -0.325 e. The van der Waals surface area contributed by atoms with Crippen LogP contribution in [0.2, 0.25) is 5.02 Å². The molecule has 31 heavy (non-hydrogen) atoms. The molecule has 4 rings (SSSR count). The predicted octanol–water partition coefficient (Wildman–Crippen LogP) is 3.04. The molecule has 0 aliphatic heterocycles. The molecule has 156 valence electrons. The number of aromatic nitrogens is 3. The second kappa shape index (κ2) is 8.53. The van der Waals surface area contributed by atoms with Gasteiger partial charge in [0, 0.05) is 16.9 Å². The Labute approximate surface area is 180 Å². The van der Waals surface area contributed by atoms with Gasteiger partial charge in [0.2, 0.25) is 5.91 Å². The molecule has 2 aromatic heterocycles. The summed E-state index contributed by atoms with van der Waals surface area (Å²) in [6.07, 6.45) is 1.44. The average Bonchev–Trinajstić information content (AvgIpc) is 2.77. The molecule has 0 spiro atoms. The Morgan fingerprint density at radius 2 is 1.74 bits per heavy atom. The van der Waals surface area contributed by atoms with Crippen LogP contribution in [0.25, 0.3) is 11.0 Å². The van der Waals surface area contributed by atoms with Crippen molar-refractivity contribution < 1.29 is 9.18 Å². The number of hydrogen-bond donors (Lipinski definition) is 1. The van der Waals surface area contributed by atoms with Crippen LogP contribution >= 0.6 is 11.6 Å². The van der Waals surface area contributed by atoms with Crippen LogP contribution in [0.4, 0.5) is 10.1 Å². The van der Waals surface area contributed by atoms with Gasteiger partial charge in [0.1, 0.15) is 18.0 Å². The summed E-state index contributed by atoms with van der Waals surface area (Å²) in [6.45, 7) is -0.436. The second-order valence-electron chi connectivity index (χ2n) is 6.78. The molecule has 0 saturated heterocycles. The first-order valence-electron chi connectivity index (χ1n) is 9.31. The fraction of sp³-hybridized carbons (Fsp3) is 0.0909. The summed E-state index contributed by atoms with van der Waals surface area (Å²) >= 11 is 6.20. The van der Waals surface area contributed by atoms with Crippen molar-refractivity contribution in [2.75, 3.05) is 5.32 Å². The molecule has 4 aromatic rings. The summed E-state index contributed by atoms with van der Waals surface area (Å²) in [5.41, 5.74) is -0.147. The van der Waals surface area contributed by atoms with Gasteiger partial charge in [-0.25, -0.2) is 14.2 Å². The molecule has 0 fully saturated rings. The van der Waals surface area contributed by atoms with Crippen LogP contribution in [-0.2, 0) is 17.9 Å². The molecule has 2 aromatic carbocycles. The number of amides is 1. The summed E-state index contributed by atoms with van der Waals surface area (Å²) in [6, 6.07) is 15.2. The lowest BCUT2D eigenvalue weighted by Crippen LogP contribution is -2.42. The zero-order valence-corrected chi connectivity index (χ0v) is 16.8. The number of hydrogen-bond acceptors (Lipinski definition) is 4. The van der Waals surface area contributed by atoms with Gasteiger partial charge in [-0.2, -0.15) is 0 Å². The molecule has 0 radical (unpaired) electrons. The molecule has 0 bridgehead atoms. The van der Waals surface area contributed by atoms with E-state index in [9.17, 15) is 18.8 Å². The van der Waals surface area contributed by atoms with Gasteiger partial charge in [0.15, 0.2) is 0 Å². The van der Waals surface area contributed by atoms with E-state index in [1.165, 1.54) is 30.5 Å².